The Bertz CT molecular complexity index is 2250. The average Bonchev–Trinajstić information content (AvgIpc) is 3.55. The lowest BCUT2D eigenvalue weighted by Crippen LogP contribution is -2.48. The first kappa shape index (κ1) is 42.9. The zero-order valence-electron chi connectivity index (χ0n) is 31.2. The molecule has 0 aliphatic carbocycles. The Morgan fingerprint density at radius 1 is 0.875 bits per heavy atom. The number of esters is 1. The van der Waals surface area contributed by atoms with E-state index in [1.165, 1.54) is 24.3 Å². The van der Waals surface area contributed by atoms with Crippen LogP contribution in [0.3, 0.4) is 0 Å². The van der Waals surface area contributed by atoms with E-state index >= 15 is 0 Å². The third-order valence-corrected chi connectivity index (χ3v) is 13.3. The highest BCUT2D eigenvalue weighted by molar-refractivity contribution is 7.93. The van der Waals surface area contributed by atoms with Gasteiger partial charge in [0, 0.05) is 36.5 Å². The highest BCUT2D eigenvalue weighted by atomic mass is 32.2. The molecule has 2 aliphatic heterocycles. The third kappa shape index (κ3) is 8.67. The number of sulfonamides is 2. The van der Waals surface area contributed by atoms with Crippen LogP contribution >= 0.6 is 11.3 Å². The molecule has 0 saturated heterocycles. The van der Waals surface area contributed by atoms with Crippen molar-refractivity contribution in [2.24, 2.45) is 10.2 Å². The van der Waals surface area contributed by atoms with Crippen LogP contribution in [0, 0.1) is 0 Å². The summed E-state index contributed by atoms with van der Waals surface area (Å²) in [4.78, 5) is 16.5. The van der Waals surface area contributed by atoms with Crippen LogP contribution < -0.4 is 19.2 Å². The summed E-state index contributed by atoms with van der Waals surface area (Å²) >= 11 is 0.686. The molecule has 0 bridgehead atoms. The largest absolute Gasteiger partial charge is 0.516 e. The second kappa shape index (κ2) is 14.9. The molecule has 2 aromatic carbocycles. The van der Waals surface area contributed by atoms with Gasteiger partial charge in [-0.3, -0.25) is 9.44 Å². The molecule has 0 amide bonds. The summed E-state index contributed by atoms with van der Waals surface area (Å²) in [5.74, 6) is -0.932. The van der Waals surface area contributed by atoms with Gasteiger partial charge in [-0.1, -0.05) is 31.3 Å². The van der Waals surface area contributed by atoms with Crippen LogP contribution in [0.25, 0.3) is 0 Å². The van der Waals surface area contributed by atoms with E-state index in [9.17, 15) is 48.0 Å². The summed E-state index contributed by atoms with van der Waals surface area (Å²) in [5.41, 5.74) is -10.3. The lowest BCUT2D eigenvalue weighted by molar-refractivity contribution is -0.0435. The van der Waals surface area contributed by atoms with Crippen molar-refractivity contribution in [3.05, 3.63) is 46.5 Å². The van der Waals surface area contributed by atoms with Gasteiger partial charge < -0.3 is 14.5 Å². The molecule has 3 heterocycles. The van der Waals surface area contributed by atoms with E-state index in [0.29, 0.717) is 54.0 Å². The standard InChI is InChI=1S/C33H40F6N8O6S3/c1-18-16-30(3,4)46(6)26-15-24(45-56(51,52)33(37,38)39)23(14-22(18)26)40-42-29-43-41-27(54-29)28(48)53-12-8-11-31(5)17-19(2)21-10-9-20(13-25(21)47(31)7)44-55(49,50)32(34,35)36/h9-10,13-15,18-19,44-45H,8,11-12,16-17H2,1-7H3. The zero-order valence-corrected chi connectivity index (χ0v) is 33.7. The first-order valence-corrected chi connectivity index (χ1v) is 20.8. The number of nitrogens with one attached hydrogen (secondary N) is 2. The molecule has 3 unspecified atom stereocenters. The Morgan fingerprint density at radius 3 is 2.12 bits per heavy atom. The van der Waals surface area contributed by atoms with E-state index in [2.05, 4.69) is 20.4 Å². The minimum atomic E-state index is -5.82. The van der Waals surface area contributed by atoms with Gasteiger partial charge in [-0.25, -0.2) is 4.79 Å². The van der Waals surface area contributed by atoms with Gasteiger partial charge in [-0.2, -0.15) is 43.2 Å². The molecule has 2 aliphatic rings. The Hall–Kier alpha value is -4.25. The zero-order chi connectivity index (χ0) is 41.8. The van der Waals surface area contributed by atoms with Crippen molar-refractivity contribution in [3.8, 4) is 0 Å². The van der Waals surface area contributed by atoms with E-state index in [0.717, 1.165) is 5.56 Å². The number of hydrogen-bond acceptors (Lipinski definition) is 13. The molecular formula is C33H40F6N8O6S3. The molecule has 3 aromatic rings. The van der Waals surface area contributed by atoms with Crippen LogP contribution in [-0.2, 0) is 24.8 Å². The fourth-order valence-electron chi connectivity index (χ4n) is 7.08. The summed E-state index contributed by atoms with van der Waals surface area (Å²) in [5, 5.41) is 15.1. The molecule has 0 radical (unpaired) electrons. The fourth-order valence-corrected chi connectivity index (χ4v) is 8.76. The van der Waals surface area contributed by atoms with Crippen LogP contribution in [0.15, 0.2) is 40.6 Å². The molecule has 1 aromatic heterocycles. The molecule has 23 heteroatoms. The predicted molar refractivity (Wildman–Crippen MR) is 199 cm³/mol. The van der Waals surface area contributed by atoms with E-state index in [1.807, 2.05) is 44.4 Å². The molecule has 0 saturated carbocycles. The number of fused-ring (bicyclic) bond motifs is 2. The number of carbonyl (C=O) groups is 1. The SMILES string of the molecule is CC1CC(C)(C)N(C)c2cc(NS(=O)(=O)C(F)(F)F)c(N=Nc3nnc(C(=O)OCCCC4(C)CC(C)c5ccc(NS(=O)(=O)C(F)(F)F)cc5N4C)s3)cc21. The number of anilines is 4. The number of aromatic nitrogens is 2. The number of carbonyl (C=O) groups excluding carboxylic acids is 1. The number of hydrogen-bond donors (Lipinski definition) is 2. The van der Waals surface area contributed by atoms with Crippen molar-refractivity contribution < 1.29 is 52.7 Å². The lowest BCUT2D eigenvalue weighted by Gasteiger charge is -2.48. The quantitative estimate of drug-likeness (QED) is 0.0823. The fraction of sp³-hybridized carbons (Fsp3) is 0.545. The monoisotopic (exact) mass is 854 g/mol. The molecule has 14 nitrogen and oxygen atoms in total. The lowest BCUT2D eigenvalue weighted by atomic mass is 9.77. The molecule has 3 atom stereocenters. The minimum Gasteiger partial charge on any atom is -0.460 e. The number of rotatable bonds is 11. The molecule has 56 heavy (non-hydrogen) atoms. The first-order chi connectivity index (χ1) is 25.7. The highest BCUT2D eigenvalue weighted by Crippen LogP contribution is 2.48. The molecule has 0 spiro atoms. The van der Waals surface area contributed by atoms with E-state index < -0.39 is 48.3 Å². The molecular weight excluding hydrogens is 815 g/mol. The van der Waals surface area contributed by atoms with Crippen LogP contribution in [0.2, 0.25) is 0 Å². The summed E-state index contributed by atoms with van der Waals surface area (Å²) in [6, 6.07) is 6.95. The number of alkyl halides is 6. The second-order valence-corrected chi connectivity index (χ2v) is 19.1. The van der Waals surface area contributed by atoms with E-state index in [1.54, 1.807) is 29.6 Å². The summed E-state index contributed by atoms with van der Waals surface area (Å²) in [6.45, 7) is 9.67. The van der Waals surface area contributed by atoms with Crippen molar-refractivity contribution in [1.82, 2.24) is 10.2 Å². The highest BCUT2D eigenvalue weighted by Gasteiger charge is 2.48. The molecule has 5 rings (SSSR count). The Labute approximate surface area is 323 Å². The smallest absolute Gasteiger partial charge is 0.460 e. The second-order valence-electron chi connectivity index (χ2n) is 14.8. The Kier molecular flexibility index (Phi) is 11.4. The first-order valence-electron chi connectivity index (χ1n) is 17.1. The van der Waals surface area contributed by atoms with Gasteiger partial charge in [0.05, 0.1) is 18.0 Å². The Balaban J connectivity index is 1.26. The van der Waals surface area contributed by atoms with Gasteiger partial charge in [-0.15, -0.1) is 20.4 Å². The van der Waals surface area contributed by atoms with E-state index in [4.69, 9.17) is 4.74 Å². The van der Waals surface area contributed by atoms with Crippen molar-refractivity contribution in [3.63, 3.8) is 0 Å². The normalized spacial score (nSPS) is 21.4. The summed E-state index contributed by atoms with van der Waals surface area (Å²) in [7, 11) is -7.94. The predicted octanol–water partition coefficient (Wildman–Crippen LogP) is 8.54. The van der Waals surface area contributed by atoms with Gasteiger partial charge in [0.1, 0.15) is 5.69 Å². The number of halogens is 6. The van der Waals surface area contributed by atoms with E-state index in [-0.39, 0.29) is 45.5 Å². The maximum atomic E-state index is 13.4. The van der Waals surface area contributed by atoms with Gasteiger partial charge in [0.25, 0.3) is 5.13 Å². The summed E-state index contributed by atoms with van der Waals surface area (Å²) in [6.07, 6.45) is 2.16. The van der Waals surface area contributed by atoms with Gasteiger partial charge in [0.15, 0.2) is 0 Å². The van der Waals surface area contributed by atoms with Gasteiger partial charge in [0.2, 0.25) is 5.01 Å². The average molecular weight is 855 g/mol. The molecule has 308 valence electrons. The number of ether oxygens (including phenoxy) is 1. The number of nitrogens with zero attached hydrogens (tertiary/aromatic N) is 6. The number of benzene rings is 2. The topological polar surface area (TPSA) is 176 Å². The van der Waals surface area contributed by atoms with Gasteiger partial charge >= 0.3 is 37.0 Å². The minimum absolute atomic E-state index is 0.0323. The van der Waals surface area contributed by atoms with Crippen LogP contribution in [-0.4, -0.2) is 75.8 Å². The van der Waals surface area contributed by atoms with Crippen LogP contribution in [0.1, 0.15) is 93.1 Å². The van der Waals surface area contributed by atoms with Gasteiger partial charge in [-0.05, 0) is 93.7 Å². The maximum absolute atomic E-state index is 13.4. The number of azo groups is 1. The molecule has 0 fully saturated rings. The van der Waals surface area contributed by atoms with Crippen molar-refractivity contribution in [2.45, 2.75) is 94.2 Å². The van der Waals surface area contributed by atoms with Crippen molar-refractivity contribution >= 4 is 70.9 Å². The van der Waals surface area contributed by atoms with Crippen molar-refractivity contribution in [2.75, 3.05) is 39.9 Å². The van der Waals surface area contributed by atoms with Crippen LogP contribution in [0.4, 0.5) is 59.9 Å². The molecule has 2 N–H and O–H groups in total. The maximum Gasteiger partial charge on any atom is 0.516 e. The summed E-state index contributed by atoms with van der Waals surface area (Å²) < 4.78 is 135. The van der Waals surface area contributed by atoms with Crippen molar-refractivity contribution in [1.29, 1.82) is 0 Å². The third-order valence-electron chi connectivity index (χ3n) is 10.3. The Morgan fingerprint density at radius 2 is 1.48 bits per heavy atom. The van der Waals surface area contributed by atoms with Crippen LogP contribution in [0.5, 0.6) is 0 Å².